The minimum atomic E-state index is 0.410. The number of aromatic nitrogens is 4. The van der Waals surface area contributed by atoms with E-state index >= 15 is 0 Å². The van der Waals surface area contributed by atoms with Crippen molar-refractivity contribution in [1.82, 2.24) is 19.7 Å². The van der Waals surface area contributed by atoms with Gasteiger partial charge in [0, 0.05) is 29.5 Å². The van der Waals surface area contributed by atoms with E-state index in [1.165, 1.54) is 43.1 Å². The highest BCUT2D eigenvalue weighted by Crippen LogP contribution is 2.31. The zero-order valence-corrected chi connectivity index (χ0v) is 22.8. The number of pyridine rings is 1. The molecule has 202 valence electrons. The van der Waals surface area contributed by atoms with E-state index in [2.05, 4.69) is 69.3 Å². The van der Waals surface area contributed by atoms with E-state index < -0.39 is 0 Å². The molecular weight excluding hydrogens is 496 g/mol. The lowest BCUT2D eigenvalue weighted by molar-refractivity contribution is 0.299. The molecule has 0 atom stereocenters. The zero-order chi connectivity index (χ0) is 27.1. The van der Waals surface area contributed by atoms with Gasteiger partial charge in [0.15, 0.2) is 0 Å². The molecule has 1 N–H and O–H groups in total. The van der Waals surface area contributed by atoms with Gasteiger partial charge in [-0.2, -0.15) is 5.10 Å². The van der Waals surface area contributed by atoms with Crippen LogP contribution < -0.4 is 9.47 Å². The number of methoxy groups -OCH3 is 1. The number of aromatic amines is 1. The summed E-state index contributed by atoms with van der Waals surface area (Å²) in [6.07, 6.45) is 18.4. The van der Waals surface area contributed by atoms with Gasteiger partial charge in [0.25, 0.3) is 0 Å². The van der Waals surface area contributed by atoms with E-state index in [-0.39, 0.29) is 0 Å². The van der Waals surface area contributed by atoms with Crippen molar-refractivity contribution in [3.05, 3.63) is 107 Å². The van der Waals surface area contributed by atoms with Crippen LogP contribution in [-0.2, 0) is 6.61 Å². The number of rotatable bonds is 9. The third kappa shape index (κ3) is 6.01. The van der Waals surface area contributed by atoms with Gasteiger partial charge in [-0.1, -0.05) is 43.5 Å². The molecule has 0 bridgehead atoms. The van der Waals surface area contributed by atoms with Gasteiger partial charge in [-0.25, -0.2) is 0 Å². The third-order valence-corrected chi connectivity index (χ3v) is 7.48. The van der Waals surface area contributed by atoms with E-state index in [0.717, 1.165) is 39.7 Å². The summed E-state index contributed by atoms with van der Waals surface area (Å²) in [4.78, 5) is 7.62. The summed E-state index contributed by atoms with van der Waals surface area (Å²) in [5.41, 5.74) is 6.23. The monoisotopic (exact) mass is 530 g/mol. The minimum absolute atomic E-state index is 0.410. The van der Waals surface area contributed by atoms with E-state index in [1.54, 1.807) is 13.3 Å². The van der Waals surface area contributed by atoms with Gasteiger partial charge in [-0.05, 0) is 84.5 Å². The molecule has 1 fully saturated rings. The van der Waals surface area contributed by atoms with Gasteiger partial charge in [-0.15, -0.1) is 0 Å². The predicted octanol–water partition coefficient (Wildman–Crippen LogP) is 8.19. The Morgan fingerprint density at radius 2 is 1.85 bits per heavy atom. The van der Waals surface area contributed by atoms with Crippen molar-refractivity contribution in [1.29, 1.82) is 0 Å². The first kappa shape index (κ1) is 25.7. The van der Waals surface area contributed by atoms with Gasteiger partial charge >= 0.3 is 0 Å². The second kappa shape index (κ2) is 12.1. The molecule has 0 radical (unpaired) electrons. The topological polar surface area (TPSA) is 65.0 Å². The number of fused-ring (bicyclic) bond motifs is 1. The van der Waals surface area contributed by atoms with Crippen molar-refractivity contribution < 1.29 is 9.47 Å². The molecule has 0 unspecified atom stereocenters. The molecule has 3 heterocycles. The quantitative estimate of drug-likeness (QED) is 0.209. The first-order valence-electron chi connectivity index (χ1n) is 14.0. The highest BCUT2D eigenvalue weighted by Gasteiger charge is 2.18. The van der Waals surface area contributed by atoms with Crippen LogP contribution in [0.2, 0.25) is 0 Å². The van der Waals surface area contributed by atoms with Crippen molar-refractivity contribution in [3.8, 4) is 11.5 Å². The van der Waals surface area contributed by atoms with Crippen LogP contribution in [0.25, 0.3) is 35.2 Å². The first-order valence-corrected chi connectivity index (χ1v) is 14.0. The number of hydrogen-bond acceptors (Lipinski definition) is 4. The second-order valence-electron chi connectivity index (χ2n) is 10.2. The normalized spacial score (nSPS) is 14.4. The second-order valence-corrected chi connectivity index (χ2v) is 10.2. The molecule has 6 nitrogen and oxygen atoms in total. The summed E-state index contributed by atoms with van der Waals surface area (Å²) in [7, 11) is 1.68. The van der Waals surface area contributed by atoms with Gasteiger partial charge in [0.2, 0.25) is 0 Å². The Morgan fingerprint density at radius 3 is 2.70 bits per heavy atom. The van der Waals surface area contributed by atoms with Crippen LogP contribution >= 0.6 is 0 Å². The minimum Gasteiger partial charge on any atom is -0.496 e. The van der Waals surface area contributed by atoms with E-state index in [0.29, 0.717) is 12.6 Å². The van der Waals surface area contributed by atoms with Crippen LogP contribution in [0.5, 0.6) is 11.5 Å². The van der Waals surface area contributed by atoms with Crippen molar-refractivity contribution in [3.63, 3.8) is 0 Å². The van der Waals surface area contributed by atoms with E-state index in [9.17, 15) is 0 Å². The molecule has 5 aromatic rings. The molecule has 2 aromatic carbocycles. The molecule has 6 heteroatoms. The highest BCUT2D eigenvalue weighted by atomic mass is 16.5. The summed E-state index contributed by atoms with van der Waals surface area (Å²) >= 11 is 0. The van der Waals surface area contributed by atoms with Gasteiger partial charge < -0.3 is 14.5 Å². The van der Waals surface area contributed by atoms with E-state index in [4.69, 9.17) is 14.6 Å². The van der Waals surface area contributed by atoms with Crippen molar-refractivity contribution in [2.75, 3.05) is 7.11 Å². The summed E-state index contributed by atoms with van der Waals surface area (Å²) in [5, 5.41) is 6.26. The molecule has 40 heavy (non-hydrogen) atoms. The van der Waals surface area contributed by atoms with Crippen LogP contribution in [0.1, 0.15) is 66.4 Å². The Bertz CT molecular complexity index is 1620. The summed E-state index contributed by atoms with van der Waals surface area (Å²) in [6.45, 7) is 0.410. The largest absolute Gasteiger partial charge is 0.496 e. The van der Waals surface area contributed by atoms with Crippen molar-refractivity contribution in [2.24, 2.45) is 0 Å². The van der Waals surface area contributed by atoms with E-state index in [1.807, 2.05) is 42.6 Å². The molecule has 1 aliphatic carbocycles. The standard InChI is InChI=1S/C34H34N4O2/c1-39-34-23-32(40-24-29-7-5-6-19-35-29)17-14-27(34)13-15-28-22-31(38(37-28)30-8-3-2-4-9-30)16-11-25-10-12-26-18-20-36-33(26)21-25/h5-7,10-23,30,36H,2-4,8-9,24H2,1H3. The number of nitrogens with zero attached hydrogens (tertiary/aromatic N) is 3. The summed E-state index contributed by atoms with van der Waals surface area (Å²) < 4.78 is 13.8. The zero-order valence-electron chi connectivity index (χ0n) is 22.8. The lowest BCUT2D eigenvalue weighted by Gasteiger charge is -2.23. The van der Waals surface area contributed by atoms with Crippen molar-refractivity contribution >= 4 is 35.2 Å². The Hall–Kier alpha value is -4.58. The van der Waals surface area contributed by atoms with Gasteiger partial charge in [0.05, 0.1) is 30.2 Å². The van der Waals surface area contributed by atoms with Crippen LogP contribution in [0.4, 0.5) is 0 Å². The number of hydrogen-bond donors (Lipinski definition) is 1. The SMILES string of the molecule is COc1cc(OCc2ccccn2)ccc1C=Cc1cc(C=Cc2ccc3cc[nH]c3c2)n(C2CCCCC2)n1. The molecule has 1 saturated carbocycles. The average Bonchev–Trinajstić information content (AvgIpc) is 3.66. The molecule has 3 aromatic heterocycles. The lowest BCUT2D eigenvalue weighted by atomic mass is 9.95. The third-order valence-electron chi connectivity index (χ3n) is 7.48. The molecule has 6 rings (SSSR count). The average molecular weight is 531 g/mol. The highest BCUT2D eigenvalue weighted by molar-refractivity contribution is 5.83. The lowest BCUT2D eigenvalue weighted by Crippen LogP contribution is -2.15. The number of benzene rings is 2. The number of H-pyrrole nitrogens is 1. The fourth-order valence-electron chi connectivity index (χ4n) is 5.34. The number of nitrogens with one attached hydrogen (secondary N) is 1. The molecule has 0 amide bonds. The summed E-state index contributed by atoms with van der Waals surface area (Å²) in [6, 6.07) is 22.9. The van der Waals surface area contributed by atoms with Gasteiger partial charge in [-0.3, -0.25) is 9.67 Å². The smallest absolute Gasteiger partial charge is 0.130 e. The molecule has 0 aliphatic heterocycles. The Balaban J connectivity index is 1.22. The van der Waals surface area contributed by atoms with Gasteiger partial charge in [0.1, 0.15) is 18.1 Å². The predicted molar refractivity (Wildman–Crippen MR) is 162 cm³/mol. The maximum Gasteiger partial charge on any atom is 0.130 e. The Kier molecular flexibility index (Phi) is 7.75. The van der Waals surface area contributed by atoms with Crippen LogP contribution in [-0.4, -0.2) is 26.9 Å². The first-order chi connectivity index (χ1) is 19.7. The molecule has 1 aliphatic rings. The Labute approximate surface area is 235 Å². The maximum absolute atomic E-state index is 5.93. The number of ether oxygens (including phenoxy) is 2. The van der Waals surface area contributed by atoms with Crippen molar-refractivity contribution in [2.45, 2.75) is 44.8 Å². The molecule has 0 spiro atoms. The van der Waals surface area contributed by atoms with Crippen LogP contribution in [0.15, 0.2) is 79.1 Å². The molecule has 0 saturated heterocycles. The fourth-order valence-corrected chi connectivity index (χ4v) is 5.34. The Morgan fingerprint density at radius 1 is 0.925 bits per heavy atom. The summed E-state index contributed by atoms with van der Waals surface area (Å²) in [5.74, 6) is 1.49. The van der Waals surface area contributed by atoms with Crippen LogP contribution in [0, 0.1) is 0 Å². The molecular formula is C34H34N4O2. The van der Waals surface area contributed by atoms with Crippen LogP contribution in [0.3, 0.4) is 0 Å². The fraction of sp³-hybridized carbons (Fsp3) is 0.235. The maximum atomic E-state index is 5.93.